The lowest BCUT2D eigenvalue weighted by Gasteiger charge is -2.52. The highest BCUT2D eigenvalue weighted by molar-refractivity contribution is 5.05. The molecule has 0 amide bonds. The van der Waals surface area contributed by atoms with Crippen molar-refractivity contribution in [3.8, 4) is 0 Å². The van der Waals surface area contributed by atoms with Crippen LogP contribution in [0.15, 0.2) is 0 Å². The van der Waals surface area contributed by atoms with E-state index in [-0.39, 0.29) is 5.54 Å². The number of rotatable bonds is 0. The lowest BCUT2D eigenvalue weighted by molar-refractivity contribution is -0.106. The minimum absolute atomic E-state index is 0.0565. The Kier molecular flexibility index (Phi) is 6.50. The number of ether oxygens (including phenoxy) is 3. The maximum absolute atomic E-state index is 6.81. The second-order valence-corrected chi connectivity index (χ2v) is 10.6. The van der Waals surface area contributed by atoms with Gasteiger partial charge in [0, 0.05) is 13.1 Å². The summed E-state index contributed by atoms with van der Waals surface area (Å²) in [6, 6.07) is 0.392. The predicted octanol–water partition coefficient (Wildman–Crippen LogP) is 3.36. The molecule has 6 fully saturated rings. The van der Waals surface area contributed by atoms with E-state index < -0.39 is 0 Å². The van der Waals surface area contributed by atoms with Crippen molar-refractivity contribution < 1.29 is 14.2 Å². The fourth-order valence-corrected chi connectivity index (χ4v) is 7.22. The molecule has 0 aromatic rings. The molecule has 5 atom stereocenters. The maximum Gasteiger partial charge on any atom is 0.0677 e. The van der Waals surface area contributed by atoms with Crippen LogP contribution in [0.4, 0.5) is 0 Å². The number of hydrogen-bond donors (Lipinski definition) is 1. The van der Waals surface area contributed by atoms with Gasteiger partial charge < -0.3 is 19.5 Å². The number of nitrogens with zero attached hydrogens (tertiary/aromatic N) is 1. The third-order valence-corrected chi connectivity index (χ3v) is 8.70. The van der Waals surface area contributed by atoms with E-state index in [0.717, 1.165) is 51.3 Å². The zero-order valence-corrected chi connectivity index (χ0v) is 18.4. The van der Waals surface area contributed by atoms with Crippen LogP contribution in [0, 0.1) is 11.8 Å². The molecule has 6 aliphatic rings. The molecule has 4 heterocycles. The first-order valence-corrected chi connectivity index (χ1v) is 12.6. The lowest BCUT2D eigenvalue weighted by Crippen LogP contribution is -2.70. The highest BCUT2D eigenvalue weighted by Crippen LogP contribution is 2.41. The van der Waals surface area contributed by atoms with Crippen molar-refractivity contribution in [3.05, 3.63) is 0 Å². The number of hydrogen-bond acceptors (Lipinski definition) is 5. The normalized spacial score (nSPS) is 47.5. The first kappa shape index (κ1) is 20.7. The molecule has 166 valence electrons. The van der Waals surface area contributed by atoms with Crippen LogP contribution in [0.2, 0.25) is 0 Å². The molecular weight excluding hydrogens is 364 g/mol. The Morgan fingerprint density at radius 2 is 1.86 bits per heavy atom. The molecule has 4 saturated heterocycles. The number of fused-ring (bicyclic) bond motifs is 5. The first-order valence-electron chi connectivity index (χ1n) is 12.6. The summed E-state index contributed by atoms with van der Waals surface area (Å²) < 4.78 is 19.4. The Balaban J connectivity index is 1.38. The molecule has 1 spiro atoms. The first-order chi connectivity index (χ1) is 14.2. The summed E-state index contributed by atoms with van der Waals surface area (Å²) in [4.78, 5) is 2.68. The van der Waals surface area contributed by atoms with Gasteiger partial charge in [0.05, 0.1) is 49.7 Å². The van der Waals surface area contributed by atoms with Crippen LogP contribution in [0.3, 0.4) is 0 Å². The van der Waals surface area contributed by atoms with E-state index in [1.165, 1.54) is 64.2 Å². The second kappa shape index (κ2) is 9.12. The quantitative estimate of drug-likeness (QED) is 0.668. The highest BCUT2D eigenvalue weighted by Gasteiger charge is 2.47. The Morgan fingerprint density at radius 3 is 2.69 bits per heavy atom. The van der Waals surface area contributed by atoms with E-state index in [4.69, 9.17) is 14.2 Å². The van der Waals surface area contributed by atoms with E-state index in [1.54, 1.807) is 0 Å². The summed E-state index contributed by atoms with van der Waals surface area (Å²) >= 11 is 0. The van der Waals surface area contributed by atoms with Crippen LogP contribution >= 0.6 is 0 Å². The fraction of sp³-hybridized carbons (Fsp3) is 1.00. The standard InChI is InChI=1S/C24H42N2O3/c1-18-15-26-13-4-11-24(17-27-14-12-25-24)23(26)16-28-20-9-7-19(8-10-20)21-5-2-3-6-22(21)29-18/h18-23,25H,2-17H2,1H3/t18?,19?,20?,21?,22?,23-,24+/m0/s1. The van der Waals surface area contributed by atoms with E-state index in [2.05, 4.69) is 17.1 Å². The van der Waals surface area contributed by atoms with Crippen LogP contribution in [-0.4, -0.2) is 74.2 Å². The zero-order chi connectivity index (χ0) is 19.7. The molecule has 3 unspecified atom stereocenters. The van der Waals surface area contributed by atoms with Gasteiger partial charge in [-0.2, -0.15) is 0 Å². The fourth-order valence-electron chi connectivity index (χ4n) is 7.22. The van der Waals surface area contributed by atoms with Gasteiger partial charge in [0.1, 0.15) is 0 Å². The summed E-state index contributed by atoms with van der Waals surface area (Å²) in [6.45, 7) is 7.96. The molecule has 0 aromatic carbocycles. The van der Waals surface area contributed by atoms with Gasteiger partial charge in [0.15, 0.2) is 0 Å². The Bertz CT molecular complexity index is 525. The SMILES string of the molecule is CC1CN2CCC[C@@]3(COCCN3)[C@@H]2COC2CCC(CC2)C2CCCCC2O1. The smallest absolute Gasteiger partial charge is 0.0677 e. The van der Waals surface area contributed by atoms with Gasteiger partial charge in [-0.15, -0.1) is 0 Å². The Hall–Kier alpha value is -0.200. The van der Waals surface area contributed by atoms with Gasteiger partial charge in [-0.05, 0) is 76.7 Å². The summed E-state index contributed by atoms with van der Waals surface area (Å²) in [6.07, 6.45) is 14.2. The monoisotopic (exact) mass is 406 g/mol. The molecule has 4 aliphatic heterocycles. The highest BCUT2D eigenvalue weighted by atomic mass is 16.5. The van der Waals surface area contributed by atoms with Gasteiger partial charge in [0.25, 0.3) is 0 Å². The summed E-state index contributed by atoms with van der Waals surface area (Å²) in [5.41, 5.74) is 0.0565. The molecule has 29 heavy (non-hydrogen) atoms. The maximum atomic E-state index is 6.81. The molecule has 6 rings (SSSR count). The van der Waals surface area contributed by atoms with Crippen LogP contribution in [-0.2, 0) is 14.2 Å². The molecular formula is C24H42N2O3. The van der Waals surface area contributed by atoms with Crippen LogP contribution < -0.4 is 5.32 Å². The van der Waals surface area contributed by atoms with Crippen LogP contribution in [0.5, 0.6) is 0 Å². The average Bonchev–Trinajstić information content (AvgIpc) is 2.76. The third-order valence-electron chi connectivity index (χ3n) is 8.70. The van der Waals surface area contributed by atoms with E-state index >= 15 is 0 Å². The minimum atomic E-state index is 0.0565. The van der Waals surface area contributed by atoms with Crippen molar-refractivity contribution in [2.24, 2.45) is 11.8 Å². The molecule has 0 aromatic heterocycles. The van der Waals surface area contributed by atoms with Crippen molar-refractivity contribution >= 4 is 0 Å². The average molecular weight is 407 g/mol. The molecule has 0 radical (unpaired) electrons. The van der Waals surface area contributed by atoms with Crippen molar-refractivity contribution in [2.45, 2.75) is 101 Å². The van der Waals surface area contributed by atoms with Crippen molar-refractivity contribution in [3.63, 3.8) is 0 Å². The van der Waals surface area contributed by atoms with E-state index in [1.807, 2.05) is 0 Å². The van der Waals surface area contributed by atoms with Gasteiger partial charge in [-0.25, -0.2) is 0 Å². The minimum Gasteiger partial charge on any atom is -0.378 e. The van der Waals surface area contributed by atoms with Gasteiger partial charge in [-0.3, -0.25) is 4.90 Å². The number of piperidine rings is 1. The number of nitrogens with one attached hydrogen (secondary N) is 1. The third kappa shape index (κ3) is 4.41. The molecule has 2 aliphatic carbocycles. The molecule has 2 saturated carbocycles. The van der Waals surface area contributed by atoms with E-state index in [0.29, 0.717) is 24.4 Å². The summed E-state index contributed by atoms with van der Waals surface area (Å²) in [5.74, 6) is 1.64. The Labute approximate surface area is 177 Å². The molecule has 5 heteroatoms. The summed E-state index contributed by atoms with van der Waals surface area (Å²) in [7, 11) is 0. The van der Waals surface area contributed by atoms with Gasteiger partial charge in [-0.1, -0.05) is 12.8 Å². The van der Waals surface area contributed by atoms with Crippen LogP contribution in [0.1, 0.15) is 71.1 Å². The van der Waals surface area contributed by atoms with Crippen molar-refractivity contribution in [1.82, 2.24) is 10.2 Å². The Morgan fingerprint density at radius 1 is 1.00 bits per heavy atom. The van der Waals surface area contributed by atoms with Crippen molar-refractivity contribution in [2.75, 3.05) is 39.5 Å². The van der Waals surface area contributed by atoms with Crippen molar-refractivity contribution in [1.29, 1.82) is 0 Å². The summed E-state index contributed by atoms with van der Waals surface area (Å²) in [5, 5.41) is 3.87. The molecule has 1 N–H and O–H groups in total. The van der Waals surface area contributed by atoms with Gasteiger partial charge >= 0.3 is 0 Å². The lowest BCUT2D eigenvalue weighted by atomic mass is 9.71. The zero-order valence-electron chi connectivity index (χ0n) is 18.4. The number of morpholine rings is 1. The largest absolute Gasteiger partial charge is 0.378 e. The molecule has 5 nitrogen and oxygen atoms in total. The second-order valence-electron chi connectivity index (χ2n) is 10.6. The van der Waals surface area contributed by atoms with Gasteiger partial charge in [0.2, 0.25) is 0 Å². The molecule has 2 bridgehead atoms. The predicted molar refractivity (Wildman–Crippen MR) is 114 cm³/mol. The topological polar surface area (TPSA) is 43.0 Å². The van der Waals surface area contributed by atoms with E-state index in [9.17, 15) is 0 Å². The van der Waals surface area contributed by atoms with Crippen LogP contribution in [0.25, 0.3) is 0 Å².